The van der Waals surface area contributed by atoms with Gasteiger partial charge in [-0.3, -0.25) is 14.2 Å². The lowest BCUT2D eigenvalue weighted by Crippen LogP contribution is -2.23. The van der Waals surface area contributed by atoms with E-state index in [1.165, 1.54) is 11.8 Å². The number of carbonyl (C=O) groups excluding carboxylic acids is 2. The minimum atomic E-state index is -0.144. The third-order valence-corrected chi connectivity index (χ3v) is 6.32. The van der Waals surface area contributed by atoms with Gasteiger partial charge in [-0.1, -0.05) is 17.8 Å². The Hall–Kier alpha value is -3.33. The summed E-state index contributed by atoms with van der Waals surface area (Å²) in [5.74, 6) is 1.70. The standard InChI is InChI=1S/C24H27N5O3S/c1-16(2)29-23(17-9-11-20(32-3)12-10-17)26-27-24(29)33-15-21(30)25-18-6-4-7-19(14-18)28-13-5-8-22(28)31/h4,6-7,9-12,14,16H,5,8,13,15H2,1-3H3,(H,25,30). The molecule has 2 aromatic carbocycles. The molecular weight excluding hydrogens is 438 g/mol. The molecule has 172 valence electrons. The van der Waals surface area contributed by atoms with Crippen molar-refractivity contribution in [3.05, 3.63) is 48.5 Å². The highest BCUT2D eigenvalue weighted by molar-refractivity contribution is 7.99. The molecule has 9 heteroatoms. The number of thioether (sulfide) groups is 1. The Morgan fingerprint density at radius 3 is 2.64 bits per heavy atom. The summed E-state index contributed by atoms with van der Waals surface area (Å²) in [5, 5.41) is 12.3. The SMILES string of the molecule is COc1ccc(-c2nnc(SCC(=O)Nc3cccc(N4CCCC4=O)c3)n2C(C)C)cc1. The van der Waals surface area contributed by atoms with Crippen molar-refractivity contribution < 1.29 is 14.3 Å². The van der Waals surface area contributed by atoms with Gasteiger partial charge in [0.1, 0.15) is 5.75 Å². The summed E-state index contributed by atoms with van der Waals surface area (Å²) in [6.07, 6.45) is 1.43. The second kappa shape index (κ2) is 10.1. The van der Waals surface area contributed by atoms with Crippen LogP contribution in [0, 0.1) is 0 Å². The van der Waals surface area contributed by atoms with Crippen molar-refractivity contribution in [3.8, 4) is 17.1 Å². The highest BCUT2D eigenvalue weighted by Gasteiger charge is 2.22. The van der Waals surface area contributed by atoms with E-state index in [-0.39, 0.29) is 23.6 Å². The number of aromatic nitrogens is 3. The van der Waals surface area contributed by atoms with E-state index >= 15 is 0 Å². The van der Waals surface area contributed by atoms with Gasteiger partial charge in [0.05, 0.1) is 12.9 Å². The van der Waals surface area contributed by atoms with E-state index in [4.69, 9.17) is 4.74 Å². The number of hydrogen-bond donors (Lipinski definition) is 1. The fourth-order valence-corrected chi connectivity index (χ4v) is 4.65. The molecule has 0 spiro atoms. The Labute approximate surface area is 197 Å². The molecule has 0 radical (unpaired) electrons. The van der Waals surface area contributed by atoms with Crippen LogP contribution < -0.4 is 15.0 Å². The van der Waals surface area contributed by atoms with Gasteiger partial charge in [-0.25, -0.2) is 0 Å². The van der Waals surface area contributed by atoms with Gasteiger partial charge in [0.15, 0.2) is 11.0 Å². The maximum atomic E-state index is 12.6. The van der Waals surface area contributed by atoms with Crippen molar-refractivity contribution in [2.24, 2.45) is 0 Å². The highest BCUT2D eigenvalue weighted by atomic mass is 32.2. The first-order chi connectivity index (χ1) is 16.0. The van der Waals surface area contributed by atoms with Gasteiger partial charge in [0, 0.05) is 35.9 Å². The first-order valence-electron chi connectivity index (χ1n) is 10.9. The molecule has 4 rings (SSSR count). The molecular formula is C24H27N5O3S. The van der Waals surface area contributed by atoms with E-state index in [0.717, 1.165) is 29.2 Å². The van der Waals surface area contributed by atoms with Crippen LogP contribution in [0.15, 0.2) is 53.7 Å². The smallest absolute Gasteiger partial charge is 0.234 e. The lowest BCUT2D eigenvalue weighted by molar-refractivity contribution is -0.117. The molecule has 0 saturated carbocycles. The highest BCUT2D eigenvalue weighted by Crippen LogP contribution is 2.29. The first-order valence-corrected chi connectivity index (χ1v) is 11.9. The van der Waals surface area contributed by atoms with Crippen LogP contribution in [-0.4, -0.2) is 46.0 Å². The number of hydrogen-bond acceptors (Lipinski definition) is 6. The third kappa shape index (κ3) is 5.19. The predicted octanol–water partition coefficient (Wildman–Crippen LogP) is 4.39. The summed E-state index contributed by atoms with van der Waals surface area (Å²) in [6.45, 7) is 4.84. The Kier molecular flexibility index (Phi) is 6.98. The van der Waals surface area contributed by atoms with Crippen molar-refractivity contribution in [1.82, 2.24) is 14.8 Å². The molecule has 1 aromatic heterocycles. The zero-order chi connectivity index (χ0) is 23.4. The fraction of sp³-hybridized carbons (Fsp3) is 0.333. The van der Waals surface area contributed by atoms with Gasteiger partial charge in [-0.2, -0.15) is 0 Å². The number of methoxy groups -OCH3 is 1. The summed E-state index contributed by atoms with van der Waals surface area (Å²) in [5.41, 5.74) is 2.41. The number of nitrogens with one attached hydrogen (secondary N) is 1. The lowest BCUT2D eigenvalue weighted by Gasteiger charge is -2.17. The van der Waals surface area contributed by atoms with Crippen LogP contribution in [0.1, 0.15) is 32.7 Å². The summed E-state index contributed by atoms with van der Waals surface area (Å²) >= 11 is 1.34. The largest absolute Gasteiger partial charge is 0.497 e. The molecule has 0 unspecified atom stereocenters. The van der Waals surface area contributed by atoms with Crippen LogP contribution in [0.4, 0.5) is 11.4 Å². The van der Waals surface area contributed by atoms with E-state index in [2.05, 4.69) is 29.4 Å². The zero-order valence-electron chi connectivity index (χ0n) is 18.9. The van der Waals surface area contributed by atoms with Crippen LogP contribution in [0.3, 0.4) is 0 Å². The Balaban J connectivity index is 1.43. The van der Waals surface area contributed by atoms with Crippen molar-refractivity contribution in [3.63, 3.8) is 0 Å². The molecule has 3 aromatic rings. The van der Waals surface area contributed by atoms with Crippen molar-refractivity contribution in [2.75, 3.05) is 29.6 Å². The van der Waals surface area contributed by atoms with E-state index in [1.807, 2.05) is 53.1 Å². The number of amides is 2. The lowest BCUT2D eigenvalue weighted by atomic mass is 10.2. The molecule has 2 amide bonds. The predicted molar refractivity (Wildman–Crippen MR) is 130 cm³/mol. The molecule has 1 N–H and O–H groups in total. The molecule has 0 aliphatic carbocycles. The number of ether oxygens (including phenoxy) is 1. The van der Waals surface area contributed by atoms with Gasteiger partial charge < -0.3 is 15.0 Å². The molecule has 33 heavy (non-hydrogen) atoms. The summed E-state index contributed by atoms with van der Waals surface area (Å²) in [7, 11) is 1.63. The van der Waals surface area contributed by atoms with Gasteiger partial charge in [-0.05, 0) is 62.7 Å². The Morgan fingerprint density at radius 1 is 1.18 bits per heavy atom. The number of nitrogens with zero attached hydrogens (tertiary/aromatic N) is 4. The monoisotopic (exact) mass is 465 g/mol. The summed E-state index contributed by atoms with van der Waals surface area (Å²) in [6, 6.07) is 15.2. The molecule has 1 aliphatic rings. The topological polar surface area (TPSA) is 89.3 Å². The van der Waals surface area contributed by atoms with Gasteiger partial charge in [0.2, 0.25) is 11.8 Å². The average Bonchev–Trinajstić information content (AvgIpc) is 3.44. The molecule has 0 atom stereocenters. The zero-order valence-corrected chi connectivity index (χ0v) is 19.8. The minimum absolute atomic E-state index is 0.120. The molecule has 8 nitrogen and oxygen atoms in total. The van der Waals surface area contributed by atoms with Crippen molar-refractivity contribution in [2.45, 2.75) is 37.9 Å². The van der Waals surface area contributed by atoms with Crippen LogP contribution in [0.5, 0.6) is 5.75 Å². The quantitative estimate of drug-likeness (QED) is 0.496. The maximum Gasteiger partial charge on any atom is 0.234 e. The number of anilines is 2. The number of benzene rings is 2. The summed E-state index contributed by atoms with van der Waals surface area (Å²) < 4.78 is 7.26. The Morgan fingerprint density at radius 2 is 1.97 bits per heavy atom. The van der Waals surface area contributed by atoms with E-state index < -0.39 is 0 Å². The van der Waals surface area contributed by atoms with Gasteiger partial charge >= 0.3 is 0 Å². The maximum absolute atomic E-state index is 12.6. The first kappa shape index (κ1) is 22.8. The van der Waals surface area contributed by atoms with E-state index in [1.54, 1.807) is 12.0 Å². The second-order valence-corrected chi connectivity index (χ2v) is 8.98. The van der Waals surface area contributed by atoms with Crippen LogP contribution in [0.25, 0.3) is 11.4 Å². The molecule has 2 heterocycles. The van der Waals surface area contributed by atoms with E-state index in [9.17, 15) is 9.59 Å². The molecule has 1 saturated heterocycles. The summed E-state index contributed by atoms with van der Waals surface area (Å²) in [4.78, 5) is 26.4. The van der Waals surface area contributed by atoms with Crippen LogP contribution in [-0.2, 0) is 9.59 Å². The normalized spacial score (nSPS) is 13.6. The van der Waals surface area contributed by atoms with Crippen LogP contribution >= 0.6 is 11.8 Å². The average molecular weight is 466 g/mol. The molecule has 1 aliphatic heterocycles. The Bertz CT molecular complexity index is 1140. The minimum Gasteiger partial charge on any atom is -0.497 e. The van der Waals surface area contributed by atoms with Crippen molar-refractivity contribution >= 4 is 35.0 Å². The number of carbonyl (C=O) groups is 2. The van der Waals surface area contributed by atoms with Crippen molar-refractivity contribution in [1.29, 1.82) is 0 Å². The van der Waals surface area contributed by atoms with Gasteiger partial charge in [-0.15, -0.1) is 10.2 Å². The number of rotatable bonds is 8. The van der Waals surface area contributed by atoms with E-state index in [0.29, 0.717) is 23.8 Å². The third-order valence-electron chi connectivity index (χ3n) is 5.38. The second-order valence-electron chi connectivity index (χ2n) is 8.03. The van der Waals surface area contributed by atoms with Crippen LogP contribution in [0.2, 0.25) is 0 Å². The fourth-order valence-electron chi connectivity index (χ4n) is 3.78. The van der Waals surface area contributed by atoms with Gasteiger partial charge in [0.25, 0.3) is 0 Å². The molecule has 0 bridgehead atoms. The molecule has 1 fully saturated rings.